The summed E-state index contributed by atoms with van der Waals surface area (Å²) in [5, 5.41) is 13.5. The van der Waals surface area contributed by atoms with E-state index in [2.05, 4.69) is 4.72 Å². The van der Waals surface area contributed by atoms with Crippen LogP contribution in [0.4, 0.5) is 0 Å². The average Bonchev–Trinajstić information content (AvgIpc) is 2.99. The molecule has 5 nitrogen and oxygen atoms in total. The molecule has 2 N–H and O–H groups in total. The first kappa shape index (κ1) is 16.0. The lowest BCUT2D eigenvalue weighted by Gasteiger charge is -2.12. The van der Waals surface area contributed by atoms with E-state index < -0.39 is 16.1 Å². The van der Waals surface area contributed by atoms with Gasteiger partial charge in [-0.1, -0.05) is 0 Å². The molecule has 0 saturated heterocycles. The molecule has 0 fully saturated rings. The molecular formula is C14H17NO4S2. The summed E-state index contributed by atoms with van der Waals surface area (Å²) < 4.78 is 31.9. The Balaban J connectivity index is 2.10. The Hall–Kier alpha value is -1.41. The van der Waals surface area contributed by atoms with Gasteiger partial charge in [-0.25, -0.2) is 13.1 Å². The van der Waals surface area contributed by atoms with E-state index in [-0.39, 0.29) is 11.4 Å². The summed E-state index contributed by atoms with van der Waals surface area (Å²) in [5.74, 6) is 0.632. The number of nitrogens with one attached hydrogen (secondary N) is 1. The maximum Gasteiger partial charge on any atom is 0.240 e. The summed E-state index contributed by atoms with van der Waals surface area (Å²) in [5.41, 5.74) is 1.44. The van der Waals surface area contributed by atoms with Crippen LogP contribution in [0.2, 0.25) is 0 Å². The number of hydrogen-bond acceptors (Lipinski definition) is 5. The molecule has 1 heterocycles. The fourth-order valence-electron chi connectivity index (χ4n) is 1.87. The summed E-state index contributed by atoms with van der Waals surface area (Å²) in [6.07, 6.45) is -0.856. The first-order chi connectivity index (χ1) is 9.94. The van der Waals surface area contributed by atoms with Gasteiger partial charge in [-0.2, -0.15) is 11.3 Å². The number of methoxy groups -OCH3 is 1. The third kappa shape index (κ3) is 3.82. The summed E-state index contributed by atoms with van der Waals surface area (Å²) in [6, 6.07) is 6.39. The Morgan fingerprint density at radius 1 is 1.38 bits per heavy atom. The molecule has 1 unspecified atom stereocenters. The molecule has 1 aromatic heterocycles. The SMILES string of the molecule is COc1ccc(S(=O)(=O)NCC(O)c2ccsc2)cc1C. The standard InChI is InChI=1S/C14H17NO4S2/c1-10-7-12(3-4-14(10)19-2)21(17,18)15-8-13(16)11-5-6-20-9-11/h3-7,9,13,15-16H,8H2,1-2H3. The van der Waals surface area contributed by atoms with Gasteiger partial charge < -0.3 is 9.84 Å². The zero-order valence-corrected chi connectivity index (χ0v) is 13.4. The van der Waals surface area contributed by atoms with E-state index in [1.54, 1.807) is 24.4 Å². The molecule has 2 rings (SSSR count). The molecule has 114 valence electrons. The Morgan fingerprint density at radius 3 is 2.71 bits per heavy atom. The second-order valence-corrected chi connectivity index (χ2v) is 7.10. The quantitative estimate of drug-likeness (QED) is 0.852. The number of hydrogen-bond donors (Lipinski definition) is 2. The first-order valence-electron chi connectivity index (χ1n) is 6.28. The summed E-state index contributed by atoms with van der Waals surface area (Å²) in [7, 11) is -2.12. The number of ether oxygens (including phenoxy) is 1. The number of aliphatic hydroxyl groups is 1. The Morgan fingerprint density at radius 2 is 2.14 bits per heavy atom. The molecule has 0 saturated carbocycles. The van der Waals surface area contributed by atoms with Crippen LogP contribution in [-0.2, 0) is 10.0 Å². The predicted molar refractivity (Wildman–Crippen MR) is 82.2 cm³/mol. The summed E-state index contributed by atoms with van der Waals surface area (Å²) >= 11 is 1.45. The van der Waals surface area contributed by atoms with E-state index in [0.717, 1.165) is 5.56 Å². The van der Waals surface area contributed by atoms with Gasteiger partial charge >= 0.3 is 0 Å². The average molecular weight is 327 g/mol. The van der Waals surface area contributed by atoms with E-state index in [9.17, 15) is 13.5 Å². The van der Waals surface area contributed by atoms with Gasteiger partial charge in [0.05, 0.1) is 18.1 Å². The van der Waals surface area contributed by atoms with Crippen LogP contribution in [0, 0.1) is 6.92 Å². The van der Waals surface area contributed by atoms with Crippen LogP contribution in [0.5, 0.6) is 5.75 Å². The van der Waals surface area contributed by atoms with Crippen molar-refractivity contribution in [2.45, 2.75) is 17.9 Å². The van der Waals surface area contributed by atoms with Crippen molar-refractivity contribution < 1.29 is 18.3 Å². The zero-order chi connectivity index (χ0) is 15.5. The highest BCUT2D eigenvalue weighted by Crippen LogP contribution is 2.22. The van der Waals surface area contributed by atoms with E-state index >= 15 is 0 Å². The van der Waals surface area contributed by atoms with Gasteiger partial charge in [0.1, 0.15) is 5.75 Å². The minimum atomic E-state index is -3.66. The fourth-order valence-corrected chi connectivity index (χ4v) is 3.70. The molecule has 1 aromatic carbocycles. The smallest absolute Gasteiger partial charge is 0.240 e. The van der Waals surface area contributed by atoms with Crippen molar-refractivity contribution in [3.63, 3.8) is 0 Å². The number of sulfonamides is 1. The Kier molecular flexibility index (Phi) is 5.00. The van der Waals surface area contributed by atoms with E-state index in [0.29, 0.717) is 11.3 Å². The third-order valence-electron chi connectivity index (χ3n) is 3.07. The maximum atomic E-state index is 12.2. The lowest BCUT2D eigenvalue weighted by molar-refractivity contribution is 0.182. The second-order valence-electron chi connectivity index (χ2n) is 4.56. The maximum absolute atomic E-state index is 12.2. The Bertz CT molecular complexity index is 696. The van der Waals surface area contributed by atoms with E-state index in [4.69, 9.17) is 4.74 Å². The van der Waals surface area contributed by atoms with Crippen molar-refractivity contribution in [3.05, 3.63) is 46.2 Å². The van der Waals surface area contributed by atoms with Gasteiger partial charge in [-0.15, -0.1) is 0 Å². The van der Waals surface area contributed by atoms with Gasteiger partial charge in [0.25, 0.3) is 0 Å². The summed E-state index contributed by atoms with van der Waals surface area (Å²) in [6.45, 7) is 1.71. The molecule has 0 bridgehead atoms. The summed E-state index contributed by atoms with van der Waals surface area (Å²) in [4.78, 5) is 0.151. The number of thiophene rings is 1. The van der Waals surface area contributed by atoms with Crippen molar-refractivity contribution in [1.29, 1.82) is 0 Å². The fraction of sp³-hybridized carbons (Fsp3) is 0.286. The van der Waals surface area contributed by atoms with Crippen LogP contribution in [0.15, 0.2) is 39.9 Å². The van der Waals surface area contributed by atoms with Crippen LogP contribution in [0.1, 0.15) is 17.2 Å². The molecule has 7 heteroatoms. The molecular weight excluding hydrogens is 310 g/mol. The number of benzene rings is 1. The minimum absolute atomic E-state index is 0.0653. The number of rotatable bonds is 6. The van der Waals surface area contributed by atoms with Crippen LogP contribution in [0.3, 0.4) is 0 Å². The van der Waals surface area contributed by atoms with Crippen LogP contribution in [-0.4, -0.2) is 27.2 Å². The molecule has 0 radical (unpaired) electrons. The van der Waals surface area contributed by atoms with Crippen molar-refractivity contribution in [2.75, 3.05) is 13.7 Å². The molecule has 0 aliphatic heterocycles. The van der Waals surface area contributed by atoms with Crippen LogP contribution >= 0.6 is 11.3 Å². The van der Waals surface area contributed by atoms with Gasteiger partial charge in [-0.3, -0.25) is 0 Å². The van der Waals surface area contributed by atoms with Gasteiger partial charge in [0, 0.05) is 6.54 Å². The molecule has 0 amide bonds. The molecule has 2 aromatic rings. The number of aliphatic hydroxyl groups excluding tert-OH is 1. The van der Waals surface area contributed by atoms with E-state index in [1.807, 2.05) is 5.38 Å². The normalized spacial score (nSPS) is 13.1. The van der Waals surface area contributed by atoms with Crippen molar-refractivity contribution in [1.82, 2.24) is 4.72 Å². The highest BCUT2D eigenvalue weighted by molar-refractivity contribution is 7.89. The van der Waals surface area contributed by atoms with Gasteiger partial charge in [-0.05, 0) is 53.1 Å². The predicted octanol–water partition coefficient (Wildman–Crippen LogP) is 2.08. The van der Waals surface area contributed by atoms with Crippen LogP contribution < -0.4 is 9.46 Å². The van der Waals surface area contributed by atoms with Gasteiger partial charge in [0.15, 0.2) is 0 Å². The Labute approximate surface area is 128 Å². The third-order valence-corrected chi connectivity index (χ3v) is 5.19. The molecule has 0 aliphatic rings. The van der Waals surface area contributed by atoms with Gasteiger partial charge in [0.2, 0.25) is 10.0 Å². The minimum Gasteiger partial charge on any atom is -0.496 e. The lowest BCUT2D eigenvalue weighted by atomic mass is 10.2. The first-order valence-corrected chi connectivity index (χ1v) is 8.71. The van der Waals surface area contributed by atoms with Crippen molar-refractivity contribution in [2.24, 2.45) is 0 Å². The lowest BCUT2D eigenvalue weighted by Crippen LogP contribution is -2.28. The molecule has 0 spiro atoms. The van der Waals surface area contributed by atoms with Crippen molar-refractivity contribution >= 4 is 21.4 Å². The molecule has 21 heavy (non-hydrogen) atoms. The molecule has 0 aliphatic carbocycles. The zero-order valence-electron chi connectivity index (χ0n) is 11.7. The van der Waals surface area contributed by atoms with Crippen LogP contribution in [0.25, 0.3) is 0 Å². The largest absolute Gasteiger partial charge is 0.496 e. The highest BCUT2D eigenvalue weighted by atomic mass is 32.2. The number of aryl methyl sites for hydroxylation is 1. The van der Waals surface area contributed by atoms with E-state index in [1.165, 1.54) is 30.6 Å². The van der Waals surface area contributed by atoms with Crippen molar-refractivity contribution in [3.8, 4) is 5.75 Å². The monoisotopic (exact) mass is 327 g/mol. The molecule has 1 atom stereocenters. The topological polar surface area (TPSA) is 75.6 Å². The second kappa shape index (κ2) is 6.57. The highest BCUT2D eigenvalue weighted by Gasteiger charge is 2.17.